The molecule has 0 radical (unpaired) electrons. The van der Waals surface area contributed by atoms with E-state index in [1.807, 2.05) is 0 Å². The molecule has 0 aliphatic carbocycles. The number of piperazine rings is 1. The van der Waals surface area contributed by atoms with Crippen LogP contribution in [0.2, 0.25) is 5.02 Å². The van der Waals surface area contributed by atoms with Crippen LogP contribution in [0.3, 0.4) is 0 Å². The van der Waals surface area contributed by atoms with Crippen LogP contribution >= 0.6 is 11.6 Å². The number of aldehydes is 1. The maximum atomic E-state index is 14.9. The molecule has 132 valence electrons. The molecule has 1 aromatic rings. The van der Waals surface area contributed by atoms with Crippen molar-refractivity contribution in [2.24, 2.45) is 0 Å². The minimum Gasteiger partial charge on any atom is -0.363 e. The van der Waals surface area contributed by atoms with Crippen molar-refractivity contribution in [1.82, 2.24) is 9.88 Å². The van der Waals surface area contributed by atoms with Gasteiger partial charge in [-0.3, -0.25) is 14.5 Å². The lowest BCUT2D eigenvalue weighted by Gasteiger charge is -2.37. The fourth-order valence-corrected chi connectivity index (χ4v) is 3.40. The Morgan fingerprint density at radius 1 is 1.24 bits per heavy atom. The molecular formula is C18H19ClFN3O2. The second-order valence-corrected chi connectivity index (χ2v) is 6.58. The van der Waals surface area contributed by atoms with Crippen LogP contribution in [-0.4, -0.2) is 41.7 Å². The fourth-order valence-electron chi connectivity index (χ4n) is 3.21. The molecule has 3 heterocycles. The molecule has 5 nitrogen and oxygen atoms in total. The van der Waals surface area contributed by atoms with E-state index in [1.165, 1.54) is 17.2 Å². The molecule has 25 heavy (non-hydrogen) atoms. The van der Waals surface area contributed by atoms with E-state index < -0.39 is 11.7 Å². The standard InChI is InChI=1S/C18H19ClFN3O2/c1-12-5-3-2-4-8-22-9-10-23(18(25)16(22)15(12)20)17-13(11-24)14(19)6-7-21-17/h6-7,11H,1-5,8-10H2/b16-15+. The summed E-state index contributed by atoms with van der Waals surface area (Å²) in [5.74, 6) is -0.908. The highest BCUT2D eigenvalue weighted by molar-refractivity contribution is 6.33. The quantitative estimate of drug-likeness (QED) is 0.754. The van der Waals surface area contributed by atoms with Gasteiger partial charge in [-0.15, -0.1) is 0 Å². The Balaban J connectivity index is 2.04. The number of hydrogen-bond donors (Lipinski definition) is 0. The molecule has 1 fully saturated rings. The largest absolute Gasteiger partial charge is 0.363 e. The van der Waals surface area contributed by atoms with Crippen molar-refractivity contribution >= 4 is 29.6 Å². The van der Waals surface area contributed by atoms with Crippen molar-refractivity contribution in [2.45, 2.75) is 25.7 Å². The Hall–Kier alpha value is -2.21. The van der Waals surface area contributed by atoms with Gasteiger partial charge in [0.25, 0.3) is 5.91 Å². The minimum atomic E-state index is -0.564. The molecule has 1 aromatic heterocycles. The molecular weight excluding hydrogens is 345 g/mol. The van der Waals surface area contributed by atoms with E-state index in [0.717, 1.165) is 19.3 Å². The number of rotatable bonds is 2. The Labute approximate surface area is 150 Å². The van der Waals surface area contributed by atoms with Gasteiger partial charge in [-0.2, -0.15) is 0 Å². The first-order valence-corrected chi connectivity index (χ1v) is 8.66. The summed E-state index contributed by atoms with van der Waals surface area (Å²) in [6, 6.07) is 1.48. The zero-order valence-corrected chi connectivity index (χ0v) is 14.6. The van der Waals surface area contributed by atoms with Gasteiger partial charge in [-0.05, 0) is 30.9 Å². The molecule has 0 aromatic carbocycles. The molecule has 0 saturated carbocycles. The second-order valence-electron chi connectivity index (χ2n) is 6.17. The van der Waals surface area contributed by atoms with Crippen LogP contribution in [-0.2, 0) is 4.79 Å². The van der Waals surface area contributed by atoms with Crippen LogP contribution in [0.1, 0.15) is 36.0 Å². The topological polar surface area (TPSA) is 53.5 Å². The number of carbonyl (C=O) groups excluding carboxylic acids is 2. The summed E-state index contributed by atoms with van der Waals surface area (Å²) in [5.41, 5.74) is 0.484. The molecule has 2 aliphatic heterocycles. The van der Waals surface area contributed by atoms with Crippen LogP contribution in [0.5, 0.6) is 0 Å². The van der Waals surface area contributed by atoms with Crippen LogP contribution in [0.4, 0.5) is 10.2 Å². The average molecular weight is 364 g/mol. The van der Waals surface area contributed by atoms with E-state index in [0.29, 0.717) is 37.9 Å². The van der Waals surface area contributed by atoms with Crippen molar-refractivity contribution in [3.63, 3.8) is 0 Å². The highest BCUT2D eigenvalue weighted by Crippen LogP contribution is 2.32. The number of pyridine rings is 1. The molecule has 0 atom stereocenters. The molecule has 3 rings (SSSR count). The van der Waals surface area contributed by atoms with Gasteiger partial charge in [-0.25, -0.2) is 9.37 Å². The van der Waals surface area contributed by atoms with Crippen molar-refractivity contribution in [1.29, 1.82) is 0 Å². The SMILES string of the molecule is C=C1CCCCCN2CCN(c3nccc(Cl)c3C=O)C(=O)/C2=C/1F. The van der Waals surface area contributed by atoms with Gasteiger partial charge < -0.3 is 4.90 Å². The normalized spacial score (nSPS) is 22.2. The smallest absolute Gasteiger partial charge is 0.278 e. The lowest BCUT2D eigenvalue weighted by Crippen LogP contribution is -2.50. The number of nitrogens with zero attached hydrogens (tertiary/aromatic N) is 3. The van der Waals surface area contributed by atoms with Gasteiger partial charge in [-0.1, -0.05) is 24.6 Å². The van der Waals surface area contributed by atoms with E-state index in [2.05, 4.69) is 11.6 Å². The van der Waals surface area contributed by atoms with Crippen molar-refractivity contribution in [3.05, 3.63) is 46.5 Å². The number of anilines is 1. The number of fused-ring (bicyclic) bond motifs is 1. The maximum Gasteiger partial charge on any atom is 0.278 e. The number of halogens is 2. The Bertz CT molecular complexity index is 763. The number of aromatic nitrogens is 1. The van der Waals surface area contributed by atoms with Gasteiger partial charge in [0.05, 0.1) is 10.6 Å². The van der Waals surface area contributed by atoms with Gasteiger partial charge in [0.2, 0.25) is 0 Å². The summed E-state index contributed by atoms with van der Waals surface area (Å²) < 4.78 is 14.9. The Morgan fingerprint density at radius 3 is 2.80 bits per heavy atom. The van der Waals surface area contributed by atoms with Crippen LogP contribution in [0, 0.1) is 0 Å². The third-order valence-corrected chi connectivity index (χ3v) is 4.90. The highest BCUT2D eigenvalue weighted by atomic mass is 35.5. The zero-order chi connectivity index (χ0) is 18.0. The summed E-state index contributed by atoms with van der Waals surface area (Å²) in [5, 5.41) is 0.212. The van der Waals surface area contributed by atoms with E-state index in [9.17, 15) is 14.0 Å². The van der Waals surface area contributed by atoms with Crippen LogP contribution < -0.4 is 4.90 Å². The summed E-state index contributed by atoms with van der Waals surface area (Å²) in [7, 11) is 0. The van der Waals surface area contributed by atoms with Crippen LogP contribution in [0.25, 0.3) is 0 Å². The first-order valence-electron chi connectivity index (χ1n) is 8.29. The lowest BCUT2D eigenvalue weighted by atomic mass is 10.1. The van der Waals surface area contributed by atoms with Gasteiger partial charge in [0.1, 0.15) is 11.5 Å². The first-order chi connectivity index (χ1) is 12.0. The molecule has 0 spiro atoms. The minimum absolute atomic E-state index is 0.0109. The van der Waals surface area contributed by atoms with Crippen LogP contribution in [0.15, 0.2) is 35.9 Å². The maximum absolute atomic E-state index is 14.9. The van der Waals surface area contributed by atoms with Gasteiger partial charge in [0, 0.05) is 25.8 Å². The van der Waals surface area contributed by atoms with Crippen molar-refractivity contribution in [3.8, 4) is 0 Å². The van der Waals surface area contributed by atoms with Crippen molar-refractivity contribution in [2.75, 3.05) is 24.5 Å². The third kappa shape index (κ3) is 3.31. The lowest BCUT2D eigenvalue weighted by molar-refractivity contribution is -0.118. The third-order valence-electron chi connectivity index (χ3n) is 4.57. The monoisotopic (exact) mass is 363 g/mol. The average Bonchev–Trinajstić information content (AvgIpc) is 2.66. The van der Waals surface area contributed by atoms with E-state index in [-0.39, 0.29) is 22.1 Å². The number of amides is 1. The molecule has 2 aliphatic rings. The molecule has 0 unspecified atom stereocenters. The zero-order valence-electron chi connectivity index (χ0n) is 13.8. The highest BCUT2D eigenvalue weighted by Gasteiger charge is 2.35. The fraction of sp³-hybridized carbons (Fsp3) is 0.389. The van der Waals surface area contributed by atoms with E-state index in [4.69, 9.17) is 11.6 Å². The van der Waals surface area contributed by atoms with E-state index >= 15 is 0 Å². The first kappa shape index (κ1) is 17.6. The van der Waals surface area contributed by atoms with Crippen molar-refractivity contribution < 1.29 is 14.0 Å². The predicted octanol–water partition coefficient (Wildman–Crippen LogP) is 3.51. The Kier molecular flexibility index (Phi) is 5.18. The number of allylic oxidation sites excluding steroid dienone is 2. The van der Waals surface area contributed by atoms with E-state index in [1.54, 1.807) is 4.90 Å². The number of carbonyl (C=O) groups is 2. The molecule has 1 saturated heterocycles. The molecule has 1 amide bonds. The summed E-state index contributed by atoms with van der Waals surface area (Å²) in [4.78, 5) is 31.6. The van der Waals surface area contributed by atoms with Gasteiger partial charge >= 0.3 is 0 Å². The van der Waals surface area contributed by atoms with Gasteiger partial charge in [0.15, 0.2) is 12.1 Å². The predicted molar refractivity (Wildman–Crippen MR) is 94.3 cm³/mol. The molecule has 0 N–H and O–H groups in total. The molecule has 7 heteroatoms. The second kappa shape index (κ2) is 7.35. The number of hydrogen-bond acceptors (Lipinski definition) is 4. The summed E-state index contributed by atoms with van der Waals surface area (Å²) in [6.07, 6.45) is 5.25. The Morgan fingerprint density at radius 2 is 2.04 bits per heavy atom. The summed E-state index contributed by atoms with van der Waals surface area (Å²) >= 11 is 6.04. The summed E-state index contributed by atoms with van der Waals surface area (Å²) in [6.45, 7) is 5.19. The molecule has 0 bridgehead atoms.